The minimum Gasteiger partial charge on any atom is -0.481 e. The lowest BCUT2D eigenvalue weighted by Gasteiger charge is -2.37. The topological polar surface area (TPSA) is 118 Å². The zero-order valence-electron chi connectivity index (χ0n) is 20.5. The Hall–Kier alpha value is -3.30. The Morgan fingerprint density at radius 3 is 2.53 bits per heavy atom. The molecule has 1 aliphatic rings. The average molecular weight is 516 g/mol. The Morgan fingerprint density at radius 2 is 1.89 bits per heavy atom. The van der Waals surface area contributed by atoms with Crippen molar-refractivity contribution in [2.75, 3.05) is 37.6 Å². The molecule has 9 nitrogen and oxygen atoms in total. The standard InChI is InChI=1S/C26H33N5O4.ClH/c1-2-3-4-25(35-22-9-10-24-23(17-22)19(11-12-27)18-28-24)26(32)30-15-13-29(14-16-30)20-5-7-21(8-6-20)31(33)34;/h5-10,17-18,25,28H,2-4,11-16,27H2,1H3;1H. The second-order valence-corrected chi connectivity index (χ2v) is 8.89. The number of rotatable bonds is 10. The van der Waals surface area contributed by atoms with Crippen LogP contribution in [-0.4, -0.2) is 59.5 Å². The van der Waals surface area contributed by atoms with Crippen LogP contribution in [0, 0.1) is 10.1 Å². The largest absolute Gasteiger partial charge is 0.481 e. The van der Waals surface area contributed by atoms with Crippen LogP contribution in [0.25, 0.3) is 10.9 Å². The van der Waals surface area contributed by atoms with Crippen LogP contribution < -0.4 is 15.4 Å². The minimum absolute atomic E-state index is 0. The van der Waals surface area contributed by atoms with Crippen molar-refractivity contribution in [2.45, 2.75) is 38.7 Å². The molecule has 36 heavy (non-hydrogen) atoms. The summed E-state index contributed by atoms with van der Waals surface area (Å²) in [6, 6.07) is 12.4. The summed E-state index contributed by atoms with van der Waals surface area (Å²) in [7, 11) is 0. The van der Waals surface area contributed by atoms with Gasteiger partial charge in [-0.05, 0) is 61.7 Å². The number of nitrogens with one attached hydrogen (secondary N) is 1. The number of ether oxygens (including phenoxy) is 1. The van der Waals surface area contributed by atoms with Crippen LogP contribution in [-0.2, 0) is 11.2 Å². The molecule has 0 bridgehead atoms. The molecule has 3 aromatic rings. The predicted molar refractivity (Wildman–Crippen MR) is 144 cm³/mol. The summed E-state index contributed by atoms with van der Waals surface area (Å²) in [5.41, 5.74) is 8.92. The maximum atomic E-state index is 13.4. The molecule has 0 radical (unpaired) electrons. The fourth-order valence-electron chi connectivity index (χ4n) is 4.55. The first kappa shape index (κ1) is 27.3. The number of amides is 1. The van der Waals surface area contributed by atoms with Gasteiger partial charge in [-0.1, -0.05) is 13.3 Å². The molecular weight excluding hydrogens is 482 g/mol. The van der Waals surface area contributed by atoms with Crippen LogP contribution in [0.4, 0.5) is 11.4 Å². The van der Waals surface area contributed by atoms with E-state index in [1.807, 2.05) is 29.3 Å². The van der Waals surface area contributed by atoms with Gasteiger partial charge >= 0.3 is 0 Å². The smallest absolute Gasteiger partial charge is 0.269 e. The fourth-order valence-corrected chi connectivity index (χ4v) is 4.55. The molecule has 1 amide bonds. The lowest BCUT2D eigenvalue weighted by atomic mass is 10.1. The van der Waals surface area contributed by atoms with E-state index in [1.165, 1.54) is 12.1 Å². The minimum atomic E-state index is -0.532. The number of benzene rings is 2. The highest BCUT2D eigenvalue weighted by molar-refractivity contribution is 5.86. The zero-order chi connectivity index (χ0) is 24.8. The molecule has 1 unspecified atom stereocenters. The Balaban J connectivity index is 0.00000361. The van der Waals surface area contributed by atoms with Crippen molar-refractivity contribution in [3.63, 3.8) is 0 Å². The number of nitrogens with two attached hydrogens (primary N) is 1. The summed E-state index contributed by atoms with van der Waals surface area (Å²) in [6.07, 6.45) is 4.78. The molecule has 194 valence electrons. The third-order valence-corrected chi connectivity index (χ3v) is 6.54. The van der Waals surface area contributed by atoms with E-state index in [0.29, 0.717) is 44.9 Å². The number of unbranched alkanes of at least 4 members (excludes halogenated alkanes) is 1. The van der Waals surface area contributed by atoms with Gasteiger partial charge in [0.25, 0.3) is 11.6 Å². The SMILES string of the molecule is CCCCC(Oc1ccc2[nH]cc(CCN)c2c1)C(=O)N1CCN(c2ccc([N+](=O)[O-])cc2)CC1.Cl. The van der Waals surface area contributed by atoms with Gasteiger partial charge in [0.05, 0.1) is 4.92 Å². The van der Waals surface area contributed by atoms with E-state index in [4.69, 9.17) is 10.5 Å². The van der Waals surface area contributed by atoms with Crippen molar-refractivity contribution in [3.8, 4) is 5.75 Å². The maximum absolute atomic E-state index is 13.4. The lowest BCUT2D eigenvalue weighted by molar-refractivity contribution is -0.384. The third kappa shape index (κ3) is 6.27. The molecule has 1 saturated heterocycles. The van der Waals surface area contributed by atoms with Gasteiger partial charge in [0, 0.05) is 61.1 Å². The van der Waals surface area contributed by atoms with E-state index in [1.54, 1.807) is 12.1 Å². The highest BCUT2D eigenvalue weighted by Gasteiger charge is 2.29. The summed E-state index contributed by atoms with van der Waals surface area (Å²) in [5, 5.41) is 12.0. The number of aromatic nitrogens is 1. The van der Waals surface area contributed by atoms with Crippen LogP contribution in [0.3, 0.4) is 0 Å². The number of nitro groups is 1. The Bertz CT molecular complexity index is 1160. The second kappa shape index (κ2) is 12.6. The van der Waals surface area contributed by atoms with E-state index in [-0.39, 0.29) is 24.0 Å². The fraction of sp³-hybridized carbons (Fsp3) is 0.423. The van der Waals surface area contributed by atoms with Gasteiger partial charge in [0.1, 0.15) is 5.75 Å². The van der Waals surface area contributed by atoms with Crippen molar-refractivity contribution in [1.29, 1.82) is 0 Å². The number of fused-ring (bicyclic) bond motifs is 1. The number of H-pyrrole nitrogens is 1. The van der Waals surface area contributed by atoms with Crippen LogP contribution >= 0.6 is 12.4 Å². The van der Waals surface area contributed by atoms with Gasteiger partial charge in [-0.25, -0.2) is 0 Å². The molecule has 0 aliphatic carbocycles. The quantitative estimate of drug-likeness (QED) is 0.307. The average Bonchev–Trinajstić information content (AvgIpc) is 3.28. The molecule has 1 atom stereocenters. The lowest BCUT2D eigenvalue weighted by Crippen LogP contribution is -2.52. The first-order valence-electron chi connectivity index (χ1n) is 12.2. The molecule has 2 aromatic carbocycles. The molecule has 2 heterocycles. The first-order chi connectivity index (χ1) is 17.0. The summed E-state index contributed by atoms with van der Waals surface area (Å²) >= 11 is 0. The van der Waals surface area contributed by atoms with Crippen molar-refractivity contribution < 1.29 is 14.5 Å². The molecule has 10 heteroatoms. The third-order valence-electron chi connectivity index (χ3n) is 6.54. The summed E-state index contributed by atoms with van der Waals surface area (Å²) < 4.78 is 6.28. The summed E-state index contributed by atoms with van der Waals surface area (Å²) in [6.45, 7) is 5.18. The number of non-ortho nitro benzene ring substituents is 1. The number of nitro benzene ring substituents is 1. The van der Waals surface area contributed by atoms with Gasteiger partial charge < -0.3 is 25.3 Å². The van der Waals surface area contributed by atoms with E-state index in [0.717, 1.165) is 41.4 Å². The Morgan fingerprint density at radius 1 is 1.17 bits per heavy atom. The molecule has 1 fully saturated rings. The number of nitrogens with zero attached hydrogens (tertiary/aromatic N) is 3. The van der Waals surface area contributed by atoms with Gasteiger partial charge in [0.15, 0.2) is 6.10 Å². The first-order valence-corrected chi connectivity index (χ1v) is 12.2. The Labute approximate surface area is 217 Å². The molecule has 4 rings (SSSR count). The number of anilines is 1. The molecule has 0 spiro atoms. The van der Waals surface area contributed by atoms with Crippen molar-refractivity contribution in [3.05, 3.63) is 64.3 Å². The van der Waals surface area contributed by atoms with Crippen molar-refractivity contribution in [1.82, 2.24) is 9.88 Å². The molecule has 3 N–H and O–H groups in total. The number of piperazine rings is 1. The van der Waals surface area contributed by atoms with Crippen LogP contribution in [0.15, 0.2) is 48.7 Å². The summed E-state index contributed by atoms with van der Waals surface area (Å²) in [5.74, 6) is 0.701. The van der Waals surface area contributed by atoms with Gasteiger partial charge in [-0.2, -0.15) is 0 Å². The predicted octanol–water partition coefficient (Wildman–Crippen LogP) is 4.29. The maximum Gasteiger partial charge on any atom is 0.269 e. The van der Waals surface area contributed by atoms with E-state index in [9.17, 15) is 14.9 Å². The molecule has 0 saturated carbocycles. The van der Waals surface area contributed by atoms with E-state index < -0.39 is 11.0 Å². The zero-order valence-corrected chi connectivity index (χ0v) is 21.3. The normalized spacial score (nSPS) is 14.4. The highest BCUT2D eigenvalue weighted by Crippen LogP contribution is 2.26. The monoisotopic (exact) mass is 515 g/mol. The Kier molecular flexibility index (Phi) is 9.55. The number of aromatic amines is 1. The van der Waals surface area contributed by atoms with E-state index in [2.05, 4.69) is 16.8 Å². The van der Waals surface area contributed by atoms with Crippen molar-refractivity contribution in [2.24, 2.45) is 5.73 Å². The molecule has 1 aliphatic heterocycles. The molecular formula is C26H34ClN5O4. The highest BCUT2D eigenvalue weighted by atomic mass is 35.5. The number of carbonyl (C=O) groups is 1. The van der Waals surface area contributed by atoms with Crippen LogP contribution in [0.1, 0.15) is 31.7 Å². The number of carbonyl (C=O) groups excluding carboxylic acids is 1. The van der Waals surface area contributed by atoms with Crippen LogP contribution in [0.2, 0.25) is 0 Å². The number of hydrogen-bond donors (Lipinski definition) is 2. The molecule has 1 aromatic heterocycles. The van der Waals surface area contributed by atoms with E-state index >= 15 is 0 Å². The number of halogens is 1. The van der Waals surface area contributed by atoms with Gasteiger partial charge in [0.2, 0.25) is 0 Å². The van der Waals surface area contributed by atoms with Crippen LogP contribution in [0.5, 0.6) is 5.75 Å². The summed E-state index contributed by atoms with van der Waals surface area (Å²) in [4.78, 5) is 31.2. The number of hydrogen-bond acceptors (Lipinski definition) is 6. The van der Waals surface area contributed by atoms with Gasteiger partial charge in [-0.3, -0.25) is 14.9 Å². The second-order valence-electron chi connectivity index (χ2n) is 8.89. The van der Waals surface area contributed by atoms with Gasteiger partial charge in [-0.15, -0.1) is 12.4 Å². The van der Waals surface area contributed by atoms with Crippen molar-refractivity contribution >= 4 is 40.6 Å².